The van der Waals surface area contributed by atoms with Crippen molar-refractivity contribution >= 4 is 17.3 Å². The molecule has 0 aliphatic rings. The molecule has 0 fully saturated rings. The third kappa shape index (κ3) is 4.95. The molecule has 2 N–H and O–H groups in total. The maximum Gasteiger partial charge on any atom is 0.136 e. The molecule has 0 aliphatic heterocycles. The van der Waals surface area contributed by atoms with Gasteiger partial charge in [-0.2, -0.15) is 0 Å². The summed E-state index contributed by atoms with van der Waals surface area (Å²) >= 11 is 0. The minimum absolute atomic E-state index is 0.164. The zero-order valence-corrected chi connectivity index (χ0v) is 15.1. The van der Waals surface area contributed by atoms with Crippen LogP contribution in [0.1, 0.15) is 52.4 Å². The highest BCUT2D eigenvalue weighted by molar-refractivity contribution is 5.59. The van der Waals surface area contributed by atoms with E-state index >= 15 is 0 Å². The number of benzene rings is 1. The van der Waals surface area contributed by atoms with Crippen LogP contribution in [0.5, 0.6) is 0 Å². The van der Waals surface area contributed by atoms with Gasteiger partial charge in [-0.05, 0) is 43.4 Å². The molecule has 0 aliphatic carbocycles. The monoisotopic (exact) mass is 312 g/mol. The number of aryl methyl sites for hydroxylation is 1. The molecule has 0 spiro atoms. The minimum atomic E-state index is 0.164. The molecule has 2 aromatic rings. The SMILES string of the molecule is CCC(C)Nc1cc(Nc2ccc(C(C)(C)C)cc2)nc(C)n1. The minimum Gasteiger partial charge on any atom is -0.367 e. The van der Waals surface area contributed by atoms with Gasteiger partial charge in [0, 0.05) is 17.8 Å². The first-order valence-electron chi connectivity index (χ1n) is 8.27. The summed E-state index contributed by atoms with van der Waals surface area (Å²) in [6.45, 7) is 12.9. The molecule has 0 amide bonds. The number of nitrogens with zero attached hydrogens (tertiary/aromatic N) is 2. The lowest BCUT2D eigenvalue weighted by atomic mass is 9.87. The van der Waals surface area contributed by atoms with E-state index in [-0.39, 0.29) is 5.41 Å². The van der Waals surface area contributed by atoms with Crippen molar-refractivity contribution in [3.05, 3.63) is 41.7 Å². The lowest BCUT2D eigenvalue weighted by Crippen LogP contribution is -2.15. The van der Waals surface area contributed by atoms with Crippen LogP contribution < -0.4 is 10.6 Å². The van der Waals surface area contributed by atoms with Gasteiger partial charge in [0.25, 0.3) is 0 Å². The van der Waals surface area contributed by atoms with Crippen LogP contribution in [0.15, 0.2) is 30.3 Å². The Labute approximate surface area is 139 Å². The van der Waals surface area contributed by atoms with Gasteiger partial charge >= 0.3 is 0 Å². The highest BCUT2D eigenvalue weighted by Gasteiger charge is 2.13. The van der Waals surface area contributed by atoms with E-state index in [1.807, 2.05) is 13.0 Å². The molecule has 0 saturated carbocycles. The Morgan fingerprint density at radius 2 is 1.65 bits per heavy atom. The fourth-order valence-electron chi connectivity index (χ4n) is 2.26. The number of nitrogens with one attached hydrogen (secondary N) is 2. The molecule has 0 bridgehead atoms. The largest absolute Gasteiger partial charge is 0.367 e. The second-order valence-electron chi connectivity index (χ2n) is 7.09. The zero-order chi connectivity index (χ0) is 17.0. The van der Waals surface area contributed by atoms with Gasteiger partial charge in [0.15, 0.2) is 0 Å². The van der Waals surface area contributed by atoms with E-state index in [1.165, 1.54) is 5.56 Å². The van der Waals surface area contributed by atoms with E-state index in [2.05, 4.69) is 79.5 Å². The van der Waals surface area contributed by atoms with Gasteiger partial charge in [0.05, 0.1) is 0 Å². The van der Waals surface area contributed by atoms with E-state index in [0.29, 0.717) is 6.04 Å². The molecular formula is C19H28N4. The summed E-state index contributed by atoms with van der Waals surface area (Å²) in [7, 11) is 0. The third-order valence-corrected chi connectivity index (χ3v) is 3.87. The second-order valence-corrected chi connectivity index (χ2v) is 7.09. The fraction of sp³-hybridized carbons (Fsp3) is 0.474. The first-order chi connectivity index (χ1) is 10.8. The Balaban J connectivity index is 2.16. The molecule has 1 heterocycles. The van der Waals surface area contributed by atoms with Crippen LogP contribution in [0, 0.1) is 6.92 Å². The van der Waals surface area contributed by atoms with Gasteiger partial charge in [-0.15, -0.1) is 0 Å². The Kier molecular flexibility index (Phi) is 5.24. The summed E-state index contributed by atoms with van der Waals surface area (Å²) in [5.74, 6) is 2.43. The van der Waals surface area contributed by atoms with Gasteiger partial charge in [0.2, 0.25) is 0 Å². The Morgan fingerprint density at radius 3 is 2.22 bits per heavy atom. The summed E-state index contributed by atoms with van der Waals surface area (Å²) in [5.41, 5.74) is 2.52. The van der Waals surface area contributed by atoms with Crippen molar-refractivity contribution in [3.8, 4) is 0 Å². The molecule has 1 atom stereocenters. The molecule has 1 aromatic carbocycles. The van der Waals surface area contributed by atoms with E-state index in [4.69, 9.17) is 0 Å². The molecule has 4 heteroatoms. The molecule has 2 rings (SSSR count). The standard InChI is InChI=1S/C19H28N4/c1-7-13(2)20-17-12-18(22-14(3)21-17)23-16-10-8-15(9-11-16)19(4,5)6/h8-13H,7H2,1-6H3,(H2,20,21,22,23). The van der Waals surface area contributed by atoms with Gasteiger partial charge in [-0.3, -0.25) is 0 Å². The molecule has 1 unspecified atom stereocenters. The van der Waals surface area contributed by atoms with Crippen LogP contribution in [-0.2, 0) is 5.41 Å². The molecule has 4 nitrogen and oxygen atoms in total. The van der Waals surface area contributed by atoms with Crippen LogP contribution in [0.2, 0.25) is 0 Å². The van der Waals surface area contributed by atoms with E-state index in [9.17, 15) is 0 Å². The predicted molar refractivity (Wildman–Crippen MR) is 98.6 cm³/mol. The number of hydrogen-bond donors (Lipinski definition) is 2. The van der Waals surface area contributed by atoms with Crippen LogP contribution in [0.4, 0.5) is 17.3 Å². The van der Waals surface area contributed by atoms with Crippen molar-refractivity contribution in [3.63, 3.8) is 0 Å². The summed E-state index contributed by atoms with van der Waals surface area (Å²) in [6, 6.07) is 10.9. The quantitative estimate of drug-likeness (QED) is 0.812. The number of aromatic nitrogens is 2. The molecular weight excluding hydrogens is 284 g/mol. The van der Waals surface area contributed by atoms with Crippen molar-refractivity contribution in [2.75, 3.05) is 10.6 Å². The van der Waals surface area contributed by atoms with Gasteiger partial charge in [-0.1, -0.05) is 39.8 Å². The molecule has 1 aromatic heterocycles. The zero-order valence-electron chi connectivity index (χ0n) is 15.1. The fourth-order valence-corrected chi connectivity index (χ4v) is 2.26. The van der Waals surface area contributed by atoms with Crippen LogP contribution in [0.3, 0.4) is 0 Å². The summed E-state index contributed by atoms with van der Waals surface area (Å²) in [5, 5.41) is 6.76. The van der Waals surface area contributed by atoms with Gasteiger partial charge < -0.3 is 10.6 Å². The maximum atomic E-state index is 4.47. The molecule has 0 radical (unpaired) electrons. The van der Waals surface area contributed by atoms with Crippen molar-refractivity contribution in [2.45, 2.75) is 59.4 Å². The first kappa shape index (κ1) is 17.3. The van der Waals surface area contributed by atoms with Crippen LogP contribution in [-0.4, -0.2) is 16.0 Å². The number of hydrogen-bond acceptors (Lipinski definition) is 4. The Morgan fingerprint density at radius 1 is 1.04 bits per heavy atom. The Bertz CT molecular complexity index is 641. The van der Waals surface area contributed by atoms with E-state index in [0.717, 1.165) is 29.6 Å². The van der Waals surface area contributed by atoms with Crippen LogP contribution in [0.25, 0.3) is 0 Å². The van der Waals surface area contributed by atoms with E-state index < -0.39 is 0 Å². The summed E-state index contributed by atoms with van der Waals surface area (Å²) in [4.78, 5) is 8.92. The lowest BCUT2D eigenvalue weighted by molar-refractivity contribution is 0.590. The molecule has 0 saturated heterocycles. The van der Waals surface area contributed by atoms with Crippen LogP contribution >= 0.6 is 0 Å². The van der Waals surface area contributed by atoms with Crippen molar-refractivity contribution < 1.29 is 0 Å². The first-order valence-corrected chi connectivity index (χ1v) is 8.27. The molecule has 23 heavy (non-hydrogen) atoms. The second kappa shape index (κ2) is 6.99. The highest BCUT2D eigenvalue weighted by atomic mass is 15.1. The van der Waals surface area contributed by atoms with Crippen molar-refractivity contribution in [1.82, 2.24) is 9.97 Å². The number of anilines is 3. The summed E-state index contributed by atoms with van der Waals surface area (Å²) in [6.07, 6.45) is 1.06. The average molecular weight is 312 g/mol. The lowest BCUT2D eigenvalue weighted by Gasteiger charge is -2.19. The molecule has 124 valence electrons. The average Bonchev–Trinajstić information content (AvgIpc) is 2.46. The van der Waals surface area contributed by atoms with E-state index in [1.54, 1.807) is 0 Å². The maximum absolute atomic E-state index is 4.47. The predicted octanol–water partition coefficient (Wildman–Crippen LogP) is 5.04. The normalized spacial score (nSPS) is 12.8. The van der Waals surface area contributed by atoms with Gasteiger partial charge in [0.1, 0.15) is 17.5 Å². The topological polar surface area (TPSA) is 49.8 Å². The van der Waals surface area contributed by atoms with Crippen molar-refractivity contribution in [2.24, 2.45) is 0 Å². The highest BCUT2D eigenvalue weighted by Crippen LogP contribution is 2.25. The Hall–Kier alpha value is -2.10. The van der Waals surface area contributed by atoms with Crippen molar-refractivity contribution in [1.29, 1.82) is 0 Å². The van der Waals surface area contributed by atoms with Gasteiger partial charge in [-0.25, -0.2) is 9.97 Å². The number of rotatable bonds is 5. The third-order valence-electron chi connectivity index (χ3n) is 3.87. The summed E-state index contributed by atoms with van der Waals surface area (Å²) < 4.78 is 0. The smallest absolute Gasteiger partial charge is 0.136 e.